The van der Waals surface area contributed by atoms with E-state index in [2.05, 4.69) is 0 Å². The van der Waals surface area contributed by atoms with Crippen LogP contribution < -0.4 is 0 Å². The Morgan fingerprint density at radius 2 is 1.65 bits per heavy atom. The van der Waals surface area contributed by atoms with Crippen molar-refractivity contribution < 1.29 is 24.7 Å². The molecule has 1 aromatic carbocycles. The van der Waals surface area contributed by atoms with Crippen LogP contribution in [0.25, 0.3) is 0 Å². The summed E-state index contributed by atoms with van der Waals surface area (Å²) in [6, 6.07) is 7.60. The summed E-state index contributed by atoms with van der Waals surface area (Å²) in [6.45, 7) is 0. The summed E-state index contributed by atoms with van der Waals surface area (Å²) in [7, 11) is 0. The predicted molar refractivity (Wildman–Crippen MR) is 55.1 cm³/mol. The molecule has 0 atom stereocenters. The first-order valence-corrected chi connectivity index (χ1v) is 4.56. The molecule has 0 fully saturated rings. The molecule has 0 aromatic heterocycles. The molecule has 0 unspecified atom stereocenters. The molecule has 0 radical (unpaired) electrons. The van der Waals surface area contributed by atoms with Crippen molar-refractivity contribution in [1.29, 1.82) is 0 Å². The summed E-state index contributed by atoms with van der Waals surface area (Å²) in [6.07, 6.45) is -0.703. The average molecular weight is 239 g/mol. The zero-order valence-electron chi connectivity index (χ0n) is 8.57. The van der Waals surface area contributed by atoms with Crippen LogP contribution >= 0.6 is 0 Å². The lowest BCUT2D eigenvalue weighted by Crippen LogP contribution is -2.55. The van der Waals surface area contributed by atoms with Crippen LogP contribution in [0.1, 0.15) is 5.56 Å². The molecule has 90 valence electrons. The van der Waals surface area contributed by atoms with E-state index in [1.165, 1.54) is 12.1 Å². The highest BCUT2D eigenvalue weighted by Crippen LogP contribution is 2.18. The van der Waals surface area contributed by atoms with Crippen molar-refractivity contribution in [3.8, 4) is 0 Å². The van der Waals surface area contributed by atoms with Crippen molar-refractivity contribution in [3.05, 3.63) is 46.0 Å². The molecule has 1 aromatic rings. The number of carbonyl (C=O) groups is 2. The first-order chi connectivity index (χ1) is 7.91. The molecule has 0 aliphatic heterocycles. The van der Waals surface area contributed by atoms with Gasteiger partial charge in [0.15, 0.2) is 0 Å². The molecule has 2 N–H and O–H groups in total. The van der Waals surface area contributed by atoms with Gasteiger partial charge in [-0.05, 0) is 5.56 Å². The maximum absolute atomic E-state index is 10.9. The lowest BCUT2D eigenvalue weighted by molar-refractivity contribution is -0.540. The third-order valence-electron chi connectivity index (χ3n) is 2.32. The number of aliphatic carboxylic acids is 2. The fraction of sp³-hybridized carbons (Fsp3) is 0.200. The highest BCUT2D eigenvalue weighted by Gasteiger charge is 2.59. The topological polar surface area (TPSA) is 118 Å². The zero-order chi connectivity index (χ0) is 13.1. The molecule has 1 rings (SSSR count). The minimum atomic E-state index is -3.04. The highest BCUT2D eigenvalue weighted by molar-refractivity contribution is 6.01. The Balaban J connectivity index is 3.21. The third-order valence-corrected chi connectivity index (χ3v) is 2.32. The summed E-state index contributed by atoms with van der Waals surface area (Å²) in [5.41, 5.74) is -2.77. The minimum absolute atomic E-state index is 0.272. The Bertz CT molecular complexity index is 419. The first kappa shape index (κ1) is 12.6. The molecule has 0 saturated heterocycles. The van der Waals surface area contributed by atoms with E-state index < -0.39 is 28.8 Å². The number of carboxylic acids is 2. The van der Waals surface area contributed by atoms with Crippen LogP contribution in [-0.2, 0) is 16.0 Å². The molecular formula is C10H9NO6. The van der Waals surface area contributed by atoms with E-state index >= 15 is 0 Å². The van der Waals surface area contributed by atoms with E-state index in [0.29, 0.717) is 0 Å². The van der Waals surface area contributed by atoms with Gasteiger partial charge >= 0.3 is 17.5 Å². The monoisotopic (exact) mass is 239 g/mol. The van der Waals surface area contributed by atoms with Crippen LogP contribution in [0.5, 0.6) is 0 Å². The Hall–Kier alpha value is -2.44. The van der Waals surface area contributed by atoms with Gasteiger partial charge in [0.2, 0.25) is 0 Å². The van der Waals surface area contributed by atoms with Gasteiger partial charge < -0.3 is 10.2 Å². The summed E-state index contributed by atoms with van der Waals surface area (Å²) in [5, 5.41) is 28.4. The number of hydrogen-bond donors (Lipinski definition) is 2. The van der Waals surface area contributed by atoms with Gasteiger partial charge in [-0.2, -0.15) is 0 Å². The number of rotatable bonds is 5. The van der Waals surface area contributed by atoms with Crippen molar-refractivity contribution in [2.75, 3.05) is 0 Å². The third kappa shape index (κ3) is 2.22. The van der Waals surface area contributed by atoms with Gasteiger partial charge in [-0.15, -0.1) is 0 Å². The van der Waals surface area contributed by atoms with Gasteiger partial charge in [0.1, 0.15) is 0 Å². The second-order valence-electron chi connectivity index (χ2n) is 3.39. The van der Waals surface area contributed by atoms with Crippen LogP contribution in [0.15, 0.2) is 30.3 Å². The molecule has 0 amide bonds. The van der Waals surface area contributed by atoms with Gasteiger partial charge in [0.05, 0.1) is 11.3 Å². The lowest BCUT2D eigenvalue weighted by Gasteiger charge is -2.16. The van der Waals surface area contributed by atoms with Gasteiger partial charge in [-0.1, -0.05) is 30.3 Å². The van der Waals surface area contributed by atoms with Gasteiger partial charge in [0, 0.05) is 0 Å². The second kappa shape index (κ2) is 4.60. The molecule has 0 bridgehead atoms. The largest absolute Gasteiger partial charge is 0.475 e. The maximum Gasteiger partial charge on any atom is 0.413 e. The SMILES string of the molecule is O=C(O)C(Cc1ccccc1)(C(=O)O)[N+](=O)[O-]. The van der Waals surface area contributed by atoms with Gasteiger partial charge in [-0.3, -0.25) is 10.1 Å². The van der Waals surface area contributed by atoms with E-state index in [0.717, 1.165) is 0 Å². The van der Waals surface area contributed by atoms with Gasteiger partial charge in [-0.25, -0.2) is 9.59 Å². The van der Waals surface area contributed by atoms with Crippen molar-refractivity contribution in [2.24, 2.45) is 0 Å². The smallest absolute Gasteiger partial charge is 0.413 e. The van der Waals surface area contributed by atoms with E-state index in [4.69, 9.17) is 10.2 Å². The fourth-order valence-electron chi connectivity index (χ4n) is 1.35. The molecule has 7 heteroatoms. The Labute approximate surface area is 95.5 Å². The zero-order valence-corrected chi connectivity index (χ0v) is 8.57. The Morgan fingerprint density at radius 3 is 2.00 bits per heavy atom. The lowest BCUT2D eigenvalue weighted by atomic mass is 9.91. The summed E-state index contributed by atoms with van der Waals surface area (Å²) < 4.78 is 0. The summed E-state index contributed by atoms with van der Waals surface area (Å²) in [4.78, 5) is 31.2. The normalized spacial score (nSPS) is 10.8. The average Bonchev–Trinajstić information content (AvgIpc) is 2.25. The second-order valence-corrected chi connectivity index (χ2v) is 3.39. The summed E-state index contributed by atoms with van der Waals surface area (Å²) >= 11 is 0. The highest BCUT2D eigenvalue weighted by atomic mass is 16.6. The predicted octanol–water partition coefficient (Wildman–Crippen LogP) is 0.414. The van der Waals surface area contributed by atoms with E-state index in [1.807, 2.05) is 0 Å². The number of carboxylic acid groups (broad SMARTS) is 2. The molecule has 0 saturated carbocycles. The van der Waals surface area contributed by atoms with Crippen LogP contribution in [0, 0.1) is 10.1 Å². The quantitative estimate of drug-likeness (QED) is 0.436. The number of nitro groups is 1. The van der Waals surface area contributed by atoms with Crippen molar-refractivity contribution in [1.82, 2.24) is 0 Å². The van der Waals surface area contributed by atoms with Crippen molar-refractivity contribution in [2.45, 2.75) is 12.0 Å². The molecule has 0 aliphatic rings. The van der Waals surface area contributed by atoms with E-state index in [9.17, 15) is 19.7 Å². The molecule has 0 aliphatic carbocycles. The van der Waals surface area contributed by atoms with Crippen LogP contribution in [0.2, 0.25) is 0 Å². The van der Waals surface area contributed by atoms with Gasteiger partial charge in [0.25, 0.3) is 0 Å². The van der Waals surface area contributed by atoms with Crippen molar-refractivity contribution >= 4 is 11.9 Å². The fourth-order valence-corrected chi connectivity index (χ4v) is 1.35. The van der Waals surface area contributed by atoms with Crippen LogP contribution in [0.3, 0.4) is 0 Å². The molecule has 0 heterocycles. The van der Waals surface area contributed by atoms with Crippen LogP contribution in [0.4, 0.5) is 0 Å². The standard InChI is InChI=1S/C10H9NO6/c12-8(13)10(9(14)15,11(16)17)6-7-4-2-1-3-5-7/h1-5H,6H2,(H,12,13)(H,14,15). The van der Waals surface area contributed by atoms with E-state index in [1.54, 1.807) is 18.2 Å². The molecule has 7 nitrogen and oxygen atoms in total. The number of hydrogen-bond acceptors (Lipinski definition) is 4. The maximum atomic E-state index is 10.9. The minimum Gasteiger partial charge on any atom is -0.475 e. The first-order valence-electron chi connectivity index (χ1n) is 4.56. The number of benzene rings is 1. The Kier molecular flexibility index (Phi) is 3.42. The van der Waals surface area contributed by atoms with Crippen molar-refractivity contribution in [3.63, 3.8) is 0 Å². The molecular weight excluding hydrogens is 230 g/mol. The Morgan fingerprint density at radius 1 is 1.18 bits per heavy atom. The summed E-state index contributed by atoms with van der Waals surface area (Å²) in [5.74, 6) is -3.97. The number of nitrogens with zero attached hydrogens (tertiary/aromatic N) is 1. The molecule has 0 spiro atoms. The molecule has 17 heavy (non-hydrogen) atoms. The van der Waals surface area contributed by atoms with E-state index in [-0.39, 0.29) is 5.56 Å². The van der Waals surface area contributed by atoms with Crippen LogP contribution in [-0.4, -0.2) is 32.6 Å².